The lowest BCUT2D eigenvalue weighted by Gasteiger charge is -2.34. The summed E-state index contributed by atoms with van der Waals surface area (Å²) in [5, 5.41) is 12.2. The Balaban J connectivity index is 2.30. The molecule has 1 fully saturated rings. The monoisotopic (exact) mass is 222 g/mol. The van der Waals surface area contributed by atoms with Crippen molar-refractivity contribution in [2.24, 2.45) is 0 Å². The van der Waals surface area contributed by atoms with Crippen LogP contribution >= 0.6 is 0 Å². The van der Waals surface area contributed by atoms with Crippen LogP contribution in [-0.2, 0) is 4.79 Å². The van der Waals surface area contributed by atoms with E-state index in [0.717, 1.165) is 12.2 Å². The van der Waals surface area contributed by atoms with Gasteiger partial charge in [0.15, 0.2) is 5.82 Å². The second-order valence-corrected chi connectivity index (χ2v) is 3.72. The van der Waals surface area contributed by atoms with Gasteiger partial charge < -0.3 is 15.3 Å². The molecule has 0 radical (unpaired) electrons. The SMILES string of the molecule is Cc1nccnc1N1CCNC[C@@H]1C(=O)O. The minimum Gasteiger partial charge on any atom is -0.480 e. The summed E-state index contributed by atoms with van der Waals surface area (Å²) < 4.78 is 0. The maximum Gasteiger partial charge on any atom is 0.327 e. The van der Waals surface area contributed by atoms with Crippen molar-refractivity contribution < 1.29 is 9.90 Å². The fourth-order valence-electron chi connectivity index (χ4n) is 1.86. The largest absolute Gasteiger partial charge is 0.480 e. The molecule has 6 nitrogen and oxygen atoms in total. The smallest absolute Gasteiger partial charge is 0.327 e. The summed E-state index contributed by atoms with van der Waals surface area (Å²) in [5.41, 5.74) is 0.760. The predicted octanol–water partition coefficient (Wildman–Crippen LogP) is -0.352. The van der Waals surface area contributed by atoms with E-state index < -0.39 is 12.0 Å². The first kappa shape index (κ1) is 10.8. The van der Waals surface area contributed by atoms with Crippen LogP contribution in [0, 0.1) is 6.92 Å². The molecule has 0 unspecified atom stereocenters. The molecular formula is C10H14N4O2. The zero-order valence-corrected chi connectivity index (χ0v) is 9.05. The predicted molar refractivity (Wildman–Crippen MR) is 58.4 cm³/mol. The Kier molecular flexibility index (Phi) is 3.00. The molecule has 16 heavy (non-hydrogen) atoms. The lowest BCUT2D eigenvalue weighted by molar-refractivity contribution is -0.138. The molecule has 2 heterocycles. The zero-order valence-electron chi connectivity index (χ0n) is 9.05. The van der Waals surface area contributed by atoms with Gasteiger partial charge in [0.1, 0.15) is 6.04 Å². The van der Waals surface area contributed by atoms with Gasteiger partial charge in [0.2, 0.25) is 0 Å². The number of rotatable bonds is 2. The standard InChI is InChI=1S/C10H14N4O2/c1-7-9(13-3-2-12-7)14-5-4-11-6-8(14)10(15)16/h2-3,8,11H,4-6H2,1H3,(H,15,16)/t8-/m1/s1. The molecule has 0 saturated carbocycles. The lowest BCUT2D eigenvalue weighted by atomic mass is 10.2. The second kappa shape index (κ2) is 4.44. The van der Waals surface area contributed by atoms with Crippen LogP contribution in [-0.4, -0.2) is 46.7 Å². The number of carbonyl (C=O) groups is 1. The Morgan fingerprint density at radius 2 is 2.31 bits per heavy atom. The minimum atomic E-state index is -0.836. The van der Waals surface area contributed by atoms with E-state index in [1.807, 2.05) is 6.92 Å². The number of aromatic nitrogens is 2. The molecule has 0 bridgehead atoms. The number of carboxylic acids is 1. The van der Waals surface area contributed by atoms with Gasteiger partial charge in [-0.05, 0) is 6.92 Å². The van der Waals surface area contributed by atoms with Crippen molar-refractivity contribution in [3.63, 3.8) is 0 Å². The van der Waals surface area contributed by atoms with Crippen LogP contribution < -0.4 is 10.2 Å². The van der Waals surface area contributed by atoms with Gasteiger partial charge in [0.25, 0.3) is 0 Å². The molecule has 2 rings (SSSR count). The van der Waals surface area contributed by atoms with Gasteiger partial charge in [-0.2, -0.15) is 0 Å². The van der Waals surface area contributed by atoms with E-state index >= 15 is 0 Å². The van der Waals surface area contributed by atoms with E-state index in [1.54, 1.807) is 17.3 Å². The fraction of sp³-hybridized carbons (Fsp3) is 0.500. The number of hydrogen-bond acceptors (Lipinski definition) is 5. The lowest BCUT2D eigenvalue weighted by Crippen LogP contribution is -2.55. The third kappa shape index (κ3) is 1.96. The van der Waals surface area contributed by atoms with Crippen molar-refractivity contribution >= 4 is 11.8 Å². The molecule has 1 aliphatic rings. The highest BCUT2D eigenvalue weighted by Crippen LogP contribution is 2.18. The molecule has 1 aromatic heterocycles. The molecule has 1 saturated heterocycles. The van der Waals surface area contributed by atoms with Crippen molar-refractivity contribution in [1.29, 1.82) is 0 Å². The van der Waals surface area contributed by atoms with E-state index in [4.69, 9.17) is 5.11 Å². The van der Waals surface area contributed by atoms with Gasteiger partial charge in [-0.15, -0.1) is 0 Å². The number of aliphatic carboxylic acids is 1. The Bertz CT molecular complexity index is 396. The number of nitrogens with one attached hydrogen (secondary N) is 1. The quantitative estimate of drug-likeness (QED) is 0.712. The molecule has 1 atom stereocenters. The highest BCUT2D eigenvalue weighted by atomic mass is 16.4. The van der Waals surface area contributed by atoms with Crippen LogP contribution in [0.3, 0.4) is 0 Å². The number of carboxylic acid groups (broad SMARTS) is 1. The Morgan fingerprint density at radius 3 is 3.00 bits per heavy atom. The summed E-state index contributed by atoms with van der Waals surface area (Å²) in [6.45, 7) is 3.67. The van der Waals surface area contributed by atoms with E-state index in [0.29, 0.717) is 18.9 Å². The minimum absolute atomic E-state index is 0.436. The van der Waals surface area contributed by atoms with Crippen LogP contribution in [0.4, 0.5) is 5.82 Å². The third-order valence-corrected chi connectivity index (χ3v) is 2.66. The van der Waals surface area contributed by atoms with Gasteiger partial charge in [0, 0.05) is 32.0 Å². The summed E-state index contributed by atoms with van der Waals surface area (Å²) in [5.74, 6) is -0.173. The average Bonchev–Trinajstić information content (AvgIpc) is 2.29. The second-order valence-electron chi connectivity index (χ2n) is 3.72. The molecule has 6 heteroatoms. The van der Waals surface area contributed by atoms with Crippen molar-refractivity contribution in [2.45, 2.75) is 13.0 Å². The molecular weight excluding hydrogens is 208 g/mol. The molecule has 1 aliphatic heterocycles. The Hall–Kier alpha value is -1.69. The number of hydrogen-bond donors (Lipinski definition) is 2. The summed E-state index contributed by atoms with van der Waals surface area (Å²) in [7, 11) is 0. The summed E-state index contributed by atoms with van der Waals surface area (Å²) in [6.07, 6.45) is 3.19. The Labute approximate surface area is 93.3 Å². The molecule has 1 aromatic rings. The van der Waals surface area contributed by atoms with Crippen molar-refractivity contribution in [2.75, 3.05) is 24.5 Å². The van der Waals surface area contributed by atoms with Gasteiger partial charge in [-0.25, -0.2) is 9.78 Å². The normalized spacial score (nSPS) is 20.8. The zero-order chi connectivity index (χ0) is 11.5. The van der Waals surface area contributed by atoms with Gasteiger partial charge in [-0.3, -0.25) is 4.98 Å². The fourth-order valence-corrected chi connectivity index (χ4v) is 1.86. The Morgan fingerprint density at radius 1 is 1.56 bits per heavy atom. The van der Waals surface area contributed by atoms with Gasteiger partial charge in [0.05, 0.1) is 5.69 Å². The molecule has 0 aliphatic carbocycles. The number of piperazine rings is 1. The first-order valence-corrected chi connectivity index (χ1v) is 5.18. The van der Waals surface area contributed by atoms with Crippen LogP contribution in [0.5, 0.6) is 0 Å². The highest BCUT2D eigenvalue weighted by molar-refractivity contribution is 5.78. The van der Waals surface area contributed by atoms with Crippen molar-refractivity contribution in [3.8, 4) is 0 Å². The van der Waals surface area contributed by atoms with E-state index in [1.165, 1.54) is 0 Å². The van der Waals surface area contributed by atoms with Crippen molar-refractivity contribution in [1.82, 2.24) is 15.3 Å². The molecule has 86 valence electrons. The molecule has 0 spiro atoms. The topological polar surface area (TPSA) is 78.4 Å². The van der Waals surface area contributed by atoms with Crippen LogP contribution in [0.25, 0.3) is 0 Å². The number of aryl methyl sites for hydroxylation is 1. The van der Waals surface area contributed by atoms with Crippen molar-refractivity contribution in [3.05, 3.63) is 18.1 Å². The number of anilines is 1. The molecule has 0 amide bonds. The van der Waals surface area contributed by atoms with Gasteiger partial charge >= 0.3 is 5.97 Å². The summed E-state index contributed by atoms with van der Waals surface area (Å²) in [6, 6.07) is -0.566. The summed E-state index contributed by atoms with van der Waals surface area (Å²) >= 11 is 0. The van der Waals surface area contributed by atoms with Crippen LogP contribution in [0.1, 0.15) is 5.69 Å². The van der Waals surface area contributed by atoms with E-state index in [9.17, 15) is 4.79 Å². The van der Waals surface area contributed by atoms with Crippen LogP contribution in [0.2, 0.25) is 0 Å². The van der Waals surface area contributed by atoms with E-state index in [-0.39, 0.29) is 0 Å². The first-order chi connectivity index (χ1) is 7.70. The first-order valence-electron chi connectivity index (χ1n) is 5.18. The molecule has 0 aromatic carbocycles. The van der Waals surface area contributed by atoms with E-state index in [2.05, 4.69) is 15.3 Å². The van der Waals surface area contributed by atoms with Gasteiger partial charge in [-0.1, -0.05) is 0 Å². The third-order valence-electron chi connectivity index (χ3n) is 2.66. The van der Waals surface area contributed by atoms with Crippen LogP contribution in [0.15, 0.2) is 12.4 Å². The molecule has 2 N–H and O–H groups in total. The highest BCUT2D eigenvalue weighted by Gasteiger charge is 2.30. The maximum atomic E-state index is 11.1. The maximum absolute atomic E-state index is 11.1. The average molecular weight is 222 g/mol. The number of nitrogens with zero attached hydrogens (tertiary/aromatic N) is 3. The summed E-state index contributed by atoms with van der Waals surface area (Å²) in [4.78, 5) is 21.2.